The van der Waals surface area contributed by atoms with Crippen molar-refractivity contribution < 1.29 is 13.3 Å². The van der Waals surface area contributed by atoms with Crippen LogP contribution in [0.3, 0.4) is 0 Å². The van der Waals surface area contributed by atoms with Crippen molar-refractivity contribution in [2.45, 2.75) is 0 Å². The SMILES string of the molecule is c1ccc2oc(-c3ccc(N(c4ccncc4)c4ccc5cc6c(cc5c4)oc4cc(N(c5ccncc5)c5ccc(-c7nc8ccccc8o7)cc5)ccc46)cc3)nc2c1. The summed E-state index contributed by atoms with van der Waals surface area (Å²) in [5.74, 6) is 1.18. The second-order valence-corrected chi connectivity index (χ2v) is 14.8. The van der Waals surface area contributed by atoms with Crippen LogP contribution in [0.5, 0.6) is 0 Å². The Hall–Kier alpha value is -8.56. The molecular formula is C52H32N6O3. The zero-order chi connectivity index (χ0) is 40.3. The van der Waals surface area contributed by atoms with Crippen molar-refractivity contribution in [3.8, 4) is 22.9 Å². The molecule has 0 saturated heterocycles. The first kappa shape index (κ1) is 34.5. The minimum atomic E-state index is 0.586. The highest BCUT2D eigenvalue weighted by Crippen LogP contribution is 2.42. The summed E-state index contributed by atoms with van der Waals surface area (Å²) in [6.45, 7) is 0. The predicted octanol–water partition coefficient (Wildman–Crippen LogP) is 14.1. The lowest BCUT2D eigenvalue weighted by atomic mass is 10.0. The standard InChI is InChI=1S/C52H32N6O3/c1-3-7-47-45(5-1)55-51(60-47)33-9-14-37(15-10-33)57(39-21-25-53-26-22-39)41-18-13-35-30-44-43-20-19-42(32-50(43)59-49(44)31-36(35)29-41)58(40-23-27-54-28-24-40)38-16-11-34(12-17-38)52-56-46-6-2-4-8-48(46)61-52/h1-32H. The fourth-order valence-electron chi connectivity index (χ4n) is 8.15. The molecule has 0 aliphatic rings. The maximum absolute atomic E-state index is 6.68. The van der Waals surface area contributed by atoms with Crippen LogP contribution >= 0.6 is 0 Å². The van der Waals surface area contributed by atoms with Crippen molar-refractivity contribution in [3.05, 3.63) is 195 Å². The molecule has 0 fully saturated rings. The van der Waals surface area contributed by atoms with E-state index in [2.05, 4.69) is 92.6 Å². The van der Waals surface area contributed by atoms with Crippen LogP contribution in [0.15, 0.2) is 208 Å². The van der Waals surface area contributed by atoms with Gasteiger partial charge in [-0.05, 0) is 144 Å². The molecule has 0 bridgehead atoms. The second-order valence-electron chi connectivity index (χ2n) is 14.8. The summed E-state index contributed by atoms with van der Waals surface area (Å²) in [6.07, 6.45) is 7.23. The Morgan fingerprint density at radius 3 is 1.36 bits per heavy atom. The number of nitrogens with zero attached hydrogens (tertiary/aromatic N) is 6. The first-order valence-electron chi connectivity index (χ1n) is 19.9. The lowest BCUT2D eigenvalue weighted by Crippen LogP contribution is -2.09. The maximum Gasteiger partial charge on any atom is 0.227 e. The lowest BCUT2D eigenvalue weighted by molar-refractivity contribution is 0.619. The fraction of sp³-hybridized carbons (Fsp3) is 0. The smallest absolute Gasteiger partial charge is 0.227 e. The molecule has 0 saturated carbocycles. The van der Waals surface area contributed by atoms with Crippen molar-refractivity contribution in [1.82, 2.24) is 19.9 Å². The molecule has 0 N–H and O–H groups in total. The van der Waals surface area contributed by atoms with Crippen LogP contribution < -0.4 is 9.80 Å². The van der Waals surface area contributed by atoms with Gasteiger partial charge in [0.25, 0.3) is 0 Å². The summed E-state index contributed by atoms with van der Waals surface area (Å²) in [4.78, 5) is 22.4. The average Bonchev–Trinajstić information content (AvgIpc) is 4.05. The molecule has 0 aliphatic heterocycles. The fourth-order valence-corrected chi connectivity index (χ4v) is 8.15. The number of anilines is 6. The van der Waals surface area contributed by atoms with Crippen molar-refractivity contribution in [1.29, 1.82) is 0 Å². The number of fused-ring (bicyclic) bond motifs is 6. The number of para-hydroxylation sites is 4. The summed E-state index contributed by atoms with van der Waals surface area (Å²) >= 11 is 0. The van der Waals surface area contributed by atoms with Crippen LogP contribution in [0.1, 0.15) is 0 Å². The Kier molecular flexibility index (Phi) is 7.95. The predicted molar refractivity (Wildman–Crippen MR) is 242 cm³/mol. The number of furan rings is 1. The third kappa shape index (κ3) is 6.11. The van der Waals surface area contributed by atoms with E-state index in [0.29, 0.717) is 11.8 Å². The Morgan fingerprint density at radius 1 is 0.328 bits per heavy atom. The number of oxazole rings is 2. The largest absolute Gasteiger partial charge is 0.456 e. The number of benzene rings is 7. The van der Waals surface area contributed by atoms with Crippen molar-refractivity contribution in [3.63, 3.8) is 0 Å². The Morgan fingerprint density at radius 2 is 0.803 bits per heavy atom. The Bertz CT molecular complexity index is 3310. The molecule has 0 radical (unpaired) electrons. The van der Waals surface area contributed by atoms with E-state index in [9.17, 15) is 0 Å². The van der Waals surface area contributed by atoms with E-state index in [1.54, 1.807) is 12.4 Å². The monoisotopic (exact) mass is 788 g/mol. The summed E-state index contributed by atoms with van der Waals surface area (Å²) in [7, 11) is 0. The first-order chi connectivity index (χ1) is 30.2. The molecule has 0 aliphatic carbocycles. The van der Waals surface area contributed by atoms with Gasteiger partial charge in [0.1, 0.15) is 22.2 Å². The molecule has 9 nitrogen and oxygen atoms in total. The van der Waals surface area contributed by atoms with E-state index in [4.69, 9.17) is 23.2 Å². The van der Waals surface area contributed by atoms with E-state index >= 15 is 0 Å². The van der Waals surface area contributed by atoms with Crippen molar-refractivity contribution in [2.24, 2.45) is 0 Å². The van der Waals surface area contributed by atoms with Gasteiger partial charge in [-0.2, -0.15) is 0 Å². The molecule has 0 spiro atoms. The average molecular weight is 789 g/mol. The Labute approximate surface area is 348 Å². The van der Waals surface area contributed by atoms with Gasteiger partial charge in [0.2, 0.25) is 11.8 Å². The van der Waals surface area contributed by atoms with Crippen LogP contribution in [0.25, 0.3) is 77.8 Å². The molecule has 5 aromatic heterocycles. The molecule has 61 heavy (non-hydrogen) atoms. The van der Waals surface area contributed by atoms with E-state index in [1.165, 1.54) is 0 Å². The zero-order valence-corrected chi connectivity index (χ0v) is 32.4. The highest BCUT2D eigenvalue weighted by Gasteiger charge is 2.19. The minimum absolute atomic E-state index is 0.586. The zero-order valence-electron chi connectivity index (χ0n) is 32.4. The van der Waals surface area contributed by atoms with Gasteiger partial charge in [0.05, 0.1) is 0 Å². The van der Waals surface area contributed by atoms with Crippen LogP contribution in [-0.4, -0.2) is 19.9 Å². The van der Waals surface area contributed by atoms with Gasteiger partial charge >= 0.3 is 0 Å². The van der Waals surface area contributed by atoms with Crippen molar-refractivity contribution in [2.75, 3.05) is 9.80 Å². The lowest BCUT2D eigenvalue weighted by Gasteiger charge is -2.25. The minimum Gasteiger partial charge on any atom is -0.456 e. The normalized spacial score (nSPS) is 11.6. The molecule has 288 valence electrons. The molecule has 0 amide bonds. The van der Waals surface area contributed by atoms with Gasteiger partial charge in [-0.1, -0.05) is 30.3 Å². The Balaban J connectivity index is 0.903. The van der Waals surface area contributed by atoms with Gasteiger partial charge in [-0.15, -0.1) is 0 Å². The summed E-state index contributed by atoms with van der Waals surface area (Å²) < 4.78 is 18.8. The highest BCUT2D eigenvalue weighted by atomic mass is 16.4. The van der Waals surface area contributed by atoms with E-state index < -0.39 is 0 Å². The van der Waals surface area contributed by atoms with Crippen LogP contribution in [0, 0.1) is 0 Å². The number of pyridine rings is 2. The summed E-state index contributed by atoms with van der Waals surface area (Å²) in [6, 6.07) is 57.5. The topological polar surface area (TPSA) is 97.5 Å². The van der Waals surface area contributed by atoms with E-state index in [-0.39, 0.29) is 0 Å². The molecule has 9 heteroatoms. The quantitative estimate of drug-likeness (QED) is 0.149. The van der Waals surface area contributed by atoms with Gasteiger partial charge in [0.15, 0.2) is 11.2 Å². The van der Waals surface area contributed by atoms with Crippen LogP contribution in [-0.2, 0) is 0 Å². The molecule has 7 aromatic carbocycles. The third-order valence-electron chi connectivity index (χ3n) is 11.1. The van der Waals surface area contributed by atoms with Crippen LogP contribution in [0.2, 0.25) is 0 Å². The van der Waals surface area contributed by atoms with Gasteiger partial charge in [-0.3, -0.25) is 9.97 Å². The number of hydrogen-bond donors (Lipinski definition) is 0. The number of rotatable bonds is 8. The summed E-state index contributed by atoms with van der Waals surface area (Å²) in [5.41, 5.74) is 12.5. The van der Waals surface area contributed by atoms with E-state index in [1.807, 2.05) is 109 Å². The molecule has 12 aromatic rings. The molecule has 0 atom stereocenters. The molecule has 0 unspecified atom stereocenters. The first-order valence-corrected chi connectivity index (χ1v) is 19.9. The second kappa shape index (κ2) is 14.1. The van der Waals surface area contributed by atoms with Gasteiger partial charge in [-0.25, -0.2) is 9.97 Å². The highest BCUT2D eigenvalue weighted by molar-refractivity contribution is 6.11. The molecule has 5 heterocycles. The maximum atomic E-state index is 6.68. The van der Waals surface area contributed by atoms with Crippen molar-refractivity contribution >= 4 is 89.0 Å². The number of aromatic nitrogens is 4. The van der Waals surface area contributed by atoms with E-state index in [0.717, 1.165) is 100 Å². The molecular weight excluding hydrogens is 757 g/mol. The summed E-state index contributed by atoms with van der Waals surface area (Å²) in [5, 5.41) is 4.27. The van der Waals surface area contributed by atoms with Gasteiger partial charge in [0, 0.05) is 86.9 Å². The number of hydrogen-bond acceptors (Lipinski definition) is 9. The van der Waals surface area contributed by atoms with Crippen LogP contribution in [0.4, 0.5) is 34.1 Å². The third-order valence-corrected chi connectivity index (χ3v) is 11.1. The molecule has 12 rings (SSSR count). The van der Waals surface area contributed by atoms with Gasteiger partial charge < -0.3 is 23.1 Å².